The quantitative estimate of drug-likeness (QED) is 0.929. The SMILES string of the molecule is CN(C)CC1(O)CCCN(Cc2nn(C)c3cccc(Cl)c23)C1. The molecule has 1 saturated heterocycles. The molecule has 1 aliphatic heterocycles. The third-order valence-electron chi connectivity index (χ3n) is 4.52. The molecule has 1 N–H and O–H groups in total. The van der Waals surface area contributed by atoms with E-state index in [1.807, 2.05) is 44.0 Å². The van der Waals surface area contributed by atoms with Crippen molar-refractivity contribution in [2.24, 2.45) is 7.05 Å². The lowest BCUT2D eigenvalue weighted by atomic mass is 9.92. The average Bonchev–Trinajstić information content (AvgIpc) is 2.75. The molecule has 0 bridgehead atoms. The van der Waals surface area contributed by atoms with Gasteiger partial charge in [0.15, 0.2) is 0 Å². The number of rotatable bonds is 4. The van der Waals surface area contributed by atoms with Crippen molar-refractivity contribution in [1.29, 1.82) is 0 Å². The third kappa shape index (κ3) is 3.53. The van der Waals surface area contributed by atoms with Crippen LogP contribution in [0.25, 0.3) is 10.9 Å². The van der Waals surface area contributed by atoms with Crippen LogP contribution in [-0.2, 0) is 13.6 Å². The van der Waals surface area contributed by atoms with Crippen molar-refractivity contribution in [2.45, 2.75) is 25.0 Å². The zero-order valence-electron chi connectivity index (χ0n) is 14.1. The van der Waals surface area contributed by atoms with Crippen molar-refractivity contribution in [2.75, 3.05) is 33.7 Å². The van der Waals surface area contributed by atoms with Crippen molar-refractivity contribution >= 4 is 22.5 Å². The minimum atomic E-state index is -0.643. The standard InChI is InChI=1S/C17H25ClN4O/c1-20(2)11-17(23)8-5-9-22(12-17)10-14-16-13(18)6-4-7-15(16)21(3)19-14/h4,6-7,23H,5,8-12H2,1-3H3. The molecule has 1 unspecified atom stereocenters. The van der Waals surface area contributed by atoms with Gasteiger partial charge in [0, 0.05) is 32.1 Å². The predicted octanol–water partition coefficient (Wildman–Crippen LogP) is 2.12. The number of aryl methyl sites for hydroxylation is 1. The highest BCUT2D eigenvalue weighted by Gasteiger charge is 2.34. The molecule has 126 valence electrons. The molecule has 2 heterocycles. The van der Waals surface area contributed by atoms with Crippen LogP contribution < -0.4 is 0 Å². The molecule has 0 radical (unpaired) electrons. The molecular weight excluding hydrogens is 312 g/mol. The summed E-state index contributed by atoms with van der Waals surface area (Å²) in [5, 5.41) is 17.2. The van der Waals surface area contributed by atoms with E-state index in [1.165, 1.54) is 0 Å². The molecule has 1 atom stereocenters. The summed E-state index contributed by atoms with van der Waals surface area (Å²) in [6, 6.07) is 5.90. The van der Waals surface area contributed by atoms with Gasteiger partial charge in [0.25, 0.3) is 0 Å². The van der Waals surface area contributed by atoms with Crippen molar-refractivity contribution < 1.29 is 5.11 Å². The number of piperidine rings is 1. The molecule has 1 aromatic carbocycles. The number of nitrogens with zero attached hydrogens (tertiary/aromatic N) is 4. The first-order valence-corrected chi connectivity index (χ1v) is 8.45. The maximum atomic E-state index is 10.8. The number of β-amino-alcohol motifs (C(OH)–C–C–N with tert-alkyl or cyclic N) is 1. The van der Waals surface area contributed by atoms with Crippen LogP contribution in [0.3, 0.4) is 0 Å². The molecule has 0 spiro atoms. The highest BCUT2D eigenvalue weighted by atomic mass is 35.5. The summed E-state index contributed by atoms with van der Waals surface area (Å²) < 4.78 is 1.88. The monoisotopic (exact) mass is 336 g/mol. The molecule has 0 saturated carbocycles. The minimum Gasteiger partial charge on any atom is -0.387 e. The molecule has 0 aliphatic carbocycles. The van der Waals surface area contributed by atoms with Crippen LogP contribution in [0.15, 0.2) is 18.2 Å². The minimum absolute atomic E-state index is 0.643. The number of benzene rings is 1. The smallest absolute Gasteiger partial charge is 0.0900 e. The van der Waals surface area contributed by atoms with Crippen molar-refractivity contribution in [3.05, 3.63) is 28.9 Å². The van der Waals surface area contributed by atoms with Crippen LogP contribution in [-0.4, -0.2) is 64.0 Å². The number of aliphatic hydroxyl groups is 1. The Hall–Kier alpha value is -1.14. The van der Waals surface area contributed by atoms with Crippen LogP contribution in [0.5, 0.6) is 0 Å². The molecule has 6 heteroatoms. The van der Waals surface area contributed by atoms with Gasteiger partial charge in [0.2, 0.25) is 0 Å². The normalized spacial score (nSPS) is 23.0. The van der Waals surface area contributed by atoms with E-state index in [0.717, 1.165) is 47.6 Å². The van der Waals surface area contributed by atoms with Gasteiger partial charge >= 0.3 is 0 Å². The van der Waals surface area contributed by atoms with E-state index in [2.05, 4.69) is 14.9 Å². The summed E-state index contributed by atoms with van der Waals surface area (Å²) in [6.07, 6.45) is 1.86. The Bertz CT molecular complexity index is 699. The lowest BCUT2D eigenvalue weighted by Gasteiger charge is -2.40. The van der Waals surface area contributed by atoms with E-state index >= 15 is 0 Å². The van der Waals surface area contributed by atoms with Crippen LogP contribution >= 0.6 is 11.6 Å². The van der Waals surface area contributed by atoms with E-state index in [0.29, 0.717) is 13.1 Å². The van der Waals surface area contributed by atoms with Crippen molar-refractivity contribution in [3.63, 3.8) is 0 Å². The van der Waals surface area contributed by atoms with Crippen molar-refractivity contribution in [1.82, 2.24) is 19.6 Å². The topological polar surface area (TPSA) is 44.5 Å². The summed E-state index contributed by atoms with van der Waals surface area (Å²) in [6.45, 7) is 3.07. The van der Waals surface area contributed by atoms with Crippen LogP contribution in [0.4, 0.5) is 0 Å². The zero-order valence-corrected chi connectivity index (χ0v) is 14.8. The molecular formula is C17H25ClN4O. The first-order chi connectivity index (χ1) is 10.9. The van der Waals surface area contributed by atoms with E-state index < -0.39 is 5.60 Å². The van der Waals surface area contributed by atoms with E-state index in [9.17, 15) is 5.11 Å². The summed E-state index contributed by atoms with van der Waals surface area (Å²) in [5.41, 5.74) is 1.39. The highest BCUT2D eigenvalue weighted by molar-refractivity contribution is 6.35. The molecule has 5 nitrogen and oxygen atoms in total. The summed E-state index contributed by atoms with van der Waals surface area (Å²) in [4.78, 5) is 4.34. The lowest BCUT2D eigenvalue weighted by molar-refractivity contribution is -0.0481. The first kappa shape index (κ1) is 16.7. The molecule has 1 fully saturated rings. The summed E-state index contributed by atoms with van der Waals surface area (Å²) in [5.74, 6) is 0. The van der Waals surface area contributed by atoms with Crippen LogP contribution in [0.2, 0.25) is 5.02 Å². The Morgan fingerprint density at radius 2 is 2.17 bits per heavy atom. The molecule has 23 heavy (non-hydrogen) atoms. The Morgan fingerprint density at radius 1 is 1.39 bits per heavy atom. The second-order valence-electron chi connectivity index (χ2n) is 6.98. The maximum Gasteiger partial charge on any atom is 0.0900 e. The van der Waals surface area contributed by atoms with Gasteiger partial charge in [-0.1, -0.05) is 17.7 Å². The molecule has 1 aromatic heterocycles. The van der Waals surface area contributed by atoms with Gasteiger partial charge in [-0.25, -0.2) is 0 Å². The van der Waals surface area contributed by atoms with E-state index in [1.54, 1.807) is 0 Å². The number of hydrogen-bond donors (Lipinski definition) is 1. The first-order valence-electron chi connectivity index (χ1n) is 8.07. The zero-order chi connectivity index (χ0) is 16.6. The highest BCUT2D eigenvalue weighted by Crippen LogP contribution is 2.29. The van der Waals surface area contributed by atoms with Gasteiger partial charge in [-0.15, -0.1) is 0 Å². The van der Waals surface area contributed by atoms with Crippen LogP contribution in [0, 0.1) is 0 Å². The predicted molar refractivity (Wildman–Crippen MR) is 93.7 cm³/mol. The van der Waals surface area contributed by atoms with Gasteiger partial charge < -0.3 is 10.0 Å². The fraction of sp³-hybridized carbons (Fsp3) is 0.588. The molecule has 1 aliphatic rings. The molecule has 2 aromatic rings. The van der Waals surface area contributed by atoms with E-state index in [4.69, 9.17) is 11.6 Å². The Morgan fingerprint density at radius 3 is 2.91 bits per heavy atom. The van der Waals surface area contributed by atoms with E-state index in [-0.39, 0.29) is 0 Å². The number of hydrogen-bond acceptors (Lipinski definition) is 4. The van der Waals surface area contributed by atoms with Crippen molar-refractivity contribution in [3.8, 4) is 0 Å². The number of fused-ring (bicyclic) bond motifs is 1. The fourth-order valence-corrected chi connectivity index (χ4v) is 4.01. The number of halogens is 1. The summed E-state index contributed by atoms with van der Waals surface area (Å²) in [7, 11) is 5.95. The molecule has 0 amide bonds. The van der Waals surface area contributed by atoms with Gasteiger partial charge in [0.1, 0.15) is 0 Å². The number of likely N-dealkylation sites (tertiary alicyclic amines) is 1. The maximum absolute atomic E-state index is 10.8. The average molecular weight is 337 g/mol. The third-order valence-corrected chi connectivity index (χ3v) is 4.83. The Kier molecular flexibility index (Phi) is 4.65. The lowest BCUT2D eigenvalue weighted by Crippen LogP contribution is -2.52. The Labute approximate surface area is 142 Å². The second kappa shape index (κ2) is 6.40. The fourth-order valence-electron chi connectivity index (χ4n) is 3.73. The largest absolute Gasteiger partial charge is 0.387 e. The molecule has 3 rings (SSSR count). The summed E-state index contributed by atoms with van der Waals surface area (Å²) >= 11 is 6.39. The Balaban J connectivity index is 1.82. The van der Waals surface area contributed by atoms with Gasteiger partial charge in [-0.05, 0) is 45.6 Å². The second-order valence-corrected chi connectivity index (χ2v) is 7.39. The van der Waals surface area contributed by atoms with Gasteiger partial charge in [0.05, 0.1) is 21.8 Å². The number of likely N-dealkylation sites (N-methyl/N-ethyl adjacent to an activating group) is 1. The number of aromatic nitrogens is 2. The van der Waals surface area contributed by atoms with Crippen LogP contribution in [0.1, 0.15) is 18.5 Å². The van der Waals surface area contributed by atoms with Gasteiger partial charge in [-0.2, -0.15) is 5.10 Å². The van der Waals surface area contributed by atoms with Gasteiger partial charge in [-0.3, -0.25) is 9.58 Å².